The molecule has 1 saturated carbocycles. The number of hydrogen-bond acceptors (Lipinski definition) is 5. The van der Waals surface area contributed by atoms with Crippen LogP contribution in [0.15, 0.2) is 52.3 Å². The smallest absolute Gasteiger partial charge is 0.253 e. The van der Waals surface area contributed by atoms with E-state index in [4.69, 9.17) is 5.14 Å². The quantitative estimate of drug-likeness (QED) is 0.344. The minimum absolute atomic E-state index is 0.0412. The molecule has 0 saturated heterocycles. The Morgan fingerprint density at radius 3 is 2.50 bits per heavy atom. The van der Waals surface area contributed by atoms with Crippen LogP contribution in [-0.2, 0) is 16.6 Å². The van der Waals surface area contributed by atoms with Crippen molar-refractivity contribution >= 4 is 26.8 Å². The van der Waals surface area contributed by atoms with Crippen molar-refractivity contribution in [2.75, 3.05) is 0 Å². The number of hydrogen-bond donors (Lipinski definition) is 3. The third-order valence-electron chi connectivity index (χ3n) is 7.38. The molecule has 2 heterocycles. The number of sulfonamides is 1. The number of aryl methyl sites for hydroxylation is 3. The van der Waals surface area contributed by atoms with Crippen LogP contribution < -0.4 is 16.0 Å². The van der Waals surface area contributed by atoms with E-state index in [1.807, 2.05) is 36.7 Å². The lowest BCUT2D eigenvalue weighted by atomic mass is 9.98. The van der Waals surface area contributed by atoms with E-state index < -0.39 is 10.0 Å². The summed E-state index contributed by atoms with van der Waals surface area (Å²) in [5.74, 6) is -0.346. The van der Waals surface area contributed by atoms with Gasteiger partial charge in [-0.25, -0.2) is 13.6 Å². The lowest BCUT2D eigenvalue weighted by Gasteiger charge is -2.15. The van der Waals surface area contributed by atoms with Gasteiger partial charge in [0.2, 0.25) is 10.0 Å². The third-order valence-corrected chi connectivity index (χ3v) is 8.43. The number of pyridine rings is 1. The van der Waals surface area contributed by atoms with Crippen LogP contribution in [0.3, 0.4) is 0 Å². The normalized spacial score (nSPS) is 14.3. The van der Waals surface area contributed by atoms with Gasteiger partial charge in [0, 0.05) is 23.2 Å². The summed E-state index contributed by atoms with van der Waals surface area (Å²) in [6, 6.07) is 10.9. The monoisotopic (exact) mass is 533 g/mol. The first kappa shape index (κ1) is 25.9. The third kappa shape index (κ3) is 4.89. The van der Waals surface area contributed by atoms with Crippen LogP contribution in [0.25, 0.3) is 22.0 Å². The molecule has 0 atom stereocenters. The summed E-state index contributed by atoms with van der Waals surface area (Å²) in [6.07, 6.45) is 5.98. The van der Waals surface area contributed by atoms with E-state index in [-0.39, 0.29) is 28.9 Å². The fourth-order valence-corrected chi connectivity index (χ4v) is 6.20. The molecular formula is C28H31N5O4S. The van der Waals surface area contributed by atoms with Gasteiger partial charge in [0.1, 0.15) is 0 Å². The Morgan fingerprint density at radius 1 is 1.08 bits per heavy atom. The van der Waals surface area contributed by atoms with Gasteiger partial charge in [0.15, 0.2) is 0 Å². The number of nitrogens with one attached hydrogen (secondary N) is 2. The number of rotatable bonds is 6. The lowest BCUT2D eigenvalue weighted by molar-refractivity contribution is 0.0952. The molecule has 0 spiro atoms. The summed E-state index contributed by atoms with van der Waals surface area (Å²) >= 11 is 0. The molecule has 10 heteroatoms. The molecule has 4 N–H and O–H groups in total. The zero-order chi connectivity index (χ0) is 27.2. The van der Waals surface area contributed by atoms with E-state index >= 15 is 0 Å². The van der Waals surface area contributed by atoms with Gasteiger partial charge in [-0.1, -0.05) is 25.0 Å². The first-order chi connectivity index (χ1) is 18.0. The number of nitrogens with zero attached hydrogens (tertiary/aromatic N) is 2. The minimum Gasteiger partial charge on any atom is -0.348 e. The SMILES string of the molecule is Cc1cc(C)c(CNC(=O)c2cc(-c3ccc(C)c(S(N)(=O)=O)c3)cc3c2cnn3C2CCCC2)c(=O)[nH]1. The van der Waals surface area contributed by atoms with E-state index in [1.165, 1.54) is 0 Å². The van der Waals surface area contributed by atoms with Crippen molar-refractivity contribution in [3.63, 3.8) is 0 Å². The van der Waals surface area contributed by atoms with Gasteiger partial charge >= 0.3 is 0 Å². The number of carbonyl (C=O) groups is 1. The molecule has 0 unspecified atom stereocenters. The van der Waals surface area contributed by atoms with Crippen molar-refractivity contribution in [3.8, 4) is 11.1 Å². The van der Waals surface area contributed by atoms with Crippen molar-refractivity contribution in [2.45, 2.75) is 63.9 Å². The van der Waals surface area contributed by atoms with E-state index in [1.54, 1.807) is 31.3 Å². The second-order valence-electron chi connectivity index (χ2n) is 10.1. The van der Waals surface area contributed by atoms with Crippen LogP contribution in [0.4, 0.5) is 0 Å². The Labute approximate surface area is 221 Å². The van der Waals surface area contributed by atoms with Crippen molar-refractivity contribution < 1.29 is 13.2 Å². The van der Waals surface area contributed by atoms with E-state index in [9.17, 15) is 18.0 Å². The summed E-state index contributed by atoms with van der Waals surface area (Å²) in [7, 11) is -3.92. The van der Waals surface area contributed by atoms with Crippen LogP contribution in [-0.4, -0.2) is 29.1 Å². The minimum atomic E-state index is -3.92. The Hall–Kier alpha value is -3.76. The largest absolute Gasteiger partial charge is 0.348 e. The fraction of sp³-hybridized carbons (Fsp3) is 0.321. The van der Waals surface area contributed by atoms with Gasteiger partial charge in [0.25, 0.3) is 11.5 Å². The molecule has 2 aromatic heterocycles. The molecule has 1 fully saturated rings. The molecule has 2 aromatic carbocycles. The van der Waals surface area contributed by atoms with E-state index in [0.29, 0.717) is 33.2 Å². The number of nitrogens with two attached hydrogens (primary N) is 1. The van der Waals surface area contributed by atoms with Gasteiger partial charge in [-0.2, -0.15) is 5.10 Å². The number of aromatic amines is 1. The van der Waals surface area contributed by atoms with Crippen molar-refractivity contribution in [3.05, 3.63) is 80.9 Å². The molecule has 0 aliphatic heterocycles. The lowest BCUT2D eigenvalue weighted by Crippen LogP contribution is -2.28. The number of primary sulfonamides is 1. The molecule has 198 valence electrons. The van der Waals surface area contributed by atoms with Gasteiger partial charge in [-0.15, -0.1) is 0 Å². The second kappa shape index (κ2) is 9.85. The highest BCUT2D eigenvalue weighted by atomic mass is 32.2. The maximum Gasteiger partial charge on any atom is 0.253 e. The Bertz CT molecular complexity index is 1730. The summed E-state index contributed by atoms with van der Waals surface area (Å²) in [6.45, 7) is 5.42. The van der Waals surface area contributed by atoms with Crippen molar-refractivity contribution in [1.29, 1.82) is 0 Å². The number of H-pyrrole nitrogens is 1. The number of aromatic nitrogens is 3. The highest BCUT2D eigenvalue weighted by Crippen LogP contribution is 2.35. The summed E-state index contributed by atoms with van der Waals surface area (Å²) in [4.78, 5) is 28.8. The van der Waals surface area contributed by atoms with Crippen LogP contribution in [0.5, 0.6) is 0 Å². The number of benzene rings is 2. The topological polar surface area (TPSA) is 140 Å². The molecule has 4 aromatic rings. The standard InChI is InChI=1S/C28H31N5O4S/c1-16-8-9-19(13-26(16)38(29,36)37)20-11-22(24-15-31-33(25(24)12-20)21-6-4-5-7-21)27(34)30-14-23-17(2)10-18(3)32-28(23)35/h8-13,15,21H,4-7,14H2,1-3H3,(H,30,34)(H,32,35)(H2,29,36,37). The molecule has 9 nitrogen and oxygen atoms in total. The van der Waals surface area contributed by atoms with Crippen LogP contribution in [0.1, 0.15) is 64.5 Å². The highest BCUT2D eigenvalue weighted by molar-refractivity contribution is 7.89. The van der Waals surface area contributed by atoms with Gasteiger partial charge in [0.05, 0.1) is 28.2 Å². The summed E-state index contributed by atoms with van der Waals surface area (Å²) in [5, 5.41) is 13.7. The Morgan fingerprint density at radius 2 is 1.82 bits per heavy atom. The first-order valence-corrected chi connectivity index (χ1v) is 14.2. The van der Waals surface area contributed by atoms with Crippen molar-refractivity contribution in [1.82, 2.24) is 20.1 Å². The highest BCUT2D eigenvalue weighted by Gasteiger charge is 2.23. The predicted octanol–water partition coefficient (Wildman–Crippen LogP) is 4.01. The maximum atomic E-state index is 13.5. The van der Waals surface area contributed by atoms with E-state index in [0.717, 1.165) is 42.5 Å². The Balaban J connectivity index is 1.61. The van der Waals surface area contributed by atoms with Gasteiger partial charge in [-0.05, 0) is 80.1 Å². The molecule has 0 radical (unpaired) electrons. The molecule has 38 heavy (non-hydrogen) atoms. The molecule has 0 bridgehead atoms. The first-order valence-electron chi connectivity index (χ1n) is 12.7. The Kier molecular flexibility index (Phi) is 6.70. The van der Waals surface area contributed by atoms with E-state index in [2.05, 4.69) is 15.4 Å². The van der Waals surface area contributed by atoms with Crippen LogP contribution >= 0.6 is 0 Å². The van der Waals surface area contributed by atoms with Crippen molar-refractivity contribution in [2.24, 2.45) is 5.14 Å². The molecule has 5 rings (SSSR count). The summed E-state index contributed by atoms with van der Waals surface area (Å²) < 4.78 is 26.3. The van der Waals surface area contributed by atoms with Gasteiger partial charge in [-0.3, -0.25) is 14.3 Å². The number of fused-ring (bicyclic) bond motifs is 1. The second-order valence-corrected chi connectivity index (χ2v) is 11.7. The molecule has 1 aliphatic rings. The number of carbonyl (C=O) groups excluding carboxylic acids is 1. The van der Waals surface area contributed by atoms with Gasteiger partial charge < -0.3 is 10.3 Å². The van der Waals surface area contributed by atoms with Crippen LogP contribution in [0, 0.1) is 20.8 Å². The van der Waals surface area contributed by atoms with Crippen LogP contribution in [0.2, 0.25) is 0 Å². The zero-order valence-electron chi connectivity index (χ0n) is 21.7. The molecule has 1 aliphatic carbocycles. The zero-order valence-corrected chi connectivity index (χ0v) is 22.5. The molecule has 1 amide bonds. The number of amides is 1. The average molecular weight is 534 g/mol. The molecular weight excluding hydrogens is 502 g/mol. The fourth-order valence-electron chi connectivity index (χ4n) is 5.39. The maximum absolute atomic E-state index is 13.5. The summed E-state index contributed by atoms with van der Waals surface area (Å²) in [5.41, 5.74) is 4.88. The predicted molar refractivity (Wildman–Crippen MR) is 146 cm³/mol. The average Bonchev–Trinajstić information content (AvgIpc) is 3.52.